The molecule has 0 fully saturated rings. The van der Waals surface area contributed by atoms with E-state index >= 15 is 0 Å². The lowest BCUT2D eigenvalue weighted by molar-refractivity contribution is -0.113. The third kappa shape index (κ3) is 5.82. The van der Waals surface area contributed by atoms with Crippen LogP contribution in [0.5, 0.6) is 0 Å². The number of hydrogen-bond acceptors (Lipinski definition) is 6. The second-order valence-electron chi connectivity index (χ2n) is 6.02. The van der Waals surface area contributed by atoms with Crippen molar-refractivity contribution in [3.8, 4) is 6.07 Å². The van der Waals surface area contributed by atoms with Gasteiger partial charge in [-0.15, -0.1) is 10.2 Å². The molecule has 1 atom stereocenters. The van der Waals surface area contributed by atoms with Crippen LogP contribution >= 0.6 is 11.8 Å². The number of hydrogen-bond donors (Lipinski definition) is 1. The second kappa shape index (κ2) is 9.73. The summed E-state index contributed by atoms with van der Waals surface area (Å²) in [5.74, 6) is -0.414. The van der Waals surface area contributed by atoms with Crippen LogP contribution in [-0.4, -0.2) is 50.3 Å². The first-order valence-electron chi connectivity index (χ1n) is 8.50. The van der Waals surface area contributed by atoms with Crippen LogP contribution in [0, 0.1) is 17.2 Å². The number of carbonyl (C=O) groups excluding carboxylic acids is 2. The van der Waals surface area contributed by atoms with E-state index in [1.54, 1.807) is 47.0 Å². The quantitative estimate of drug-likeness (QED) is 0.697. The van der Waals surface area contributed by atoms with Crippen molar-refractivity contribution in [2.75, 3.05) is 24.2 Å². The van der Waals surface area contributed by atoms with Gasteiger partial charge in [-0.1, -0.05) is 17.8 Å². The molecular weight excluding hydrogens is 364 g/mol. The highest BCUT2D eigenvalue weighted by atomic mass is 32.2. The van der Waals surface area contributed by atoms with Crippen LogP contribution in [0.25, 0.3) is 0 Å². The molecular formula is C18H22N6O2S. The number of rotatable bonds is 8. The predicted molar refractivity (Wildman–Crippen MR) is 103 cm³/mol. The summed E-state index contributed by atoms with van der Waals surface area (Å²) >= 11 is 1.28. The summed E-state index contributed by atoms with van der Waals surface area (Å²) in [5, 5.41) is 20.1. The van der Waals surface area contributed by atoms with Gasteiger partial charge in [-0.25, -0.2) is 0 Å². The average Bonchev–Trinajstić information content (AvgIpc) is 3.08. The van der Waals surface area contributed by atoms with E-state index < -0.39 is 0 Å². The molecule has 0 saturated carbocycles. The van der Waals surface area contributed by atoms with Gasteiger partial charge in [0, 0.05) is 31.4 Å². The standard InChI is InChI=1S/C18H22N6O2S/c1-4-24(10-13(2)9-19)17(26)14-6-5-7-15(8-14)21-16(25)11-27-18-22-20-12-23(18)3/h5-8,12-13H,4,10-11H2,1-3H3,(H,21,25). The summed E-state index contributed by atoms with van der Waals surface area (Å²) in [6.45, 7) is 4.53. The Labute approximate surface area is 162 Å². The number of anilines is 1. The highest BCUT2D eigenvalue weighted by Crippen LogP contribution is 2.16. The van der Waals surface area contributed by atoms with E-state index in [2.05, 4.69) is 21.6 Å². The van der Waals surface area contributed by atoms with Crippen molar-refractivity contribution in [3.05, 3.63) is 36.2 Å². The molecule has 1 heterocycles. The number of nitrogens with one attached hydrogen (secondary N) is 1. The van der Waals surface area contributed by atoms with Crippen LogP contribution in [0.1, 0.15) is 24.2 Å². The van der Waals surface area contributed by atoms with Gasteiger partial charge in [0.25, 0.3) is 5.91 Å². The molecule has 8 nitrogen and oxygen atoms in total. The third-order valence-corrected chi connectivity index (χ3v) is 4.81. The van der Waals surface area contributed by atoms with E-state index in [1.165, 1.54) is 11.8 Å². The van der Waals surface area contributed by atoms with Crippen molar-refractivity contribution in [1.29, 1.82) is 5.26 Å². The van der Waals surface area contributed by atoms with Crippen molar-refractivity contribution in [1.82, 2.24) is 19.7 Å². The van der Waals surface area contributed by atoms with E-state index in [0.29, 0.717) is 29.5 Å². The molecule has 0 aliphatic heterocycles. The summed E-state index contributed by atoms with van der Waals surface area (Å²) in [4.78, 5) is 26.4. The molecule has 1 unspecified atom stereocenters. The van der Waals surface area contributed by atoms with Gasteiger partial charge in [-0.05, 0) is 32.0 Å². The Bertz CT molecular complexity index is 844. The summed E-state index contributed by atoms with van der Waals surface area (Å²) in [7, 11) is 1.81. The van der Waals surface area contributed by atoms with E-state index in [4.69, 9.17) is 5.26 Å². The molecule has 9 heteroatoms. The molecule has 142 valence electrons. The van der Waals surface area contributed by atoms with Crippen molar-refractivity contribution in [3.63, 3.8) is 0 Å². The molecule has 0 aliphatic rings. The predicted octanol–water partition coefficient (Wildman–Crippen LogP) is 2.17. The molecule has 0 spiro atoms. The molecule has 0 aliphatic carbocycles. The van der Waals surface area contributed by atoms with Gasteiger partial charge >= 0.3 is 0 Å². The SMILES string of the molecule is CCN(CC(C)C#N)C(=O)c1cccc(NC(=O)CSc2nncn2C)c1. The number of benzene rings is 1. The maximum Gasteiger partial charge on any atom is 0.253 e. The first kappa shape index (κ1) is 20.5. The number of thioether (sulfide) groups is 1. The molecule has 0 saturated heterocycles. The summed E-state index contributed by atoms with van der Waals surface area (Å²) in [5.41, 5.74) is 1.02. The van der Waals surface area contributed by atoms with Crippen LogP contribution in [-0.2, 0) is 11.8 Å². The van der Waals surface area contributed by atoms with E-state index in [0.717, 1.165) is 0 Å². The lowest BCUT2D eigenvalue weighted by Gasteiger charge is -2.22. The molecule has 1 aromatic carbocycles. The molecule has 1 aromatic heterocycles. The van der Waals surface area contributed by atoms with Gasteiger partial charge in [0.15, 0.2) is 5.16 Å². The average molecular weight is 386 g/mol. The Morgan fingerprint density at radius 2 is 2.22 bits per heavy atom. The Morgan fingerprint density at radius 3 is 2.85 bits per heavy atom. The Morgan fingerprint density at radius 1 is 1.44 bits per heavy atom. The van der Waals surface area contributed by atoms with Gasteiger partial charge in [0.1, 0.15) is 6.33 Å². The van der Waals surface area contributed by atoms with Gasteiger partial charge in [0.05, 0.1) is 17.7 Å². The van der Waals surface area contributed by atoms with Crippen LogP contribution < -0.4 is 5.32 Å². The topological polar surface area (TPSA) is 104 Å². The minimum Gasteiger partial charge on any atom is -0.338 e. The molecule has 2 rings (SSSR count). The van der Waals surface area contributed by atoms with Crippen molar-refractivity contribution < 1.29 is 9.59 Å². The number of nitriles is 1. The molecule has 2 amide bonds. The fourth-order valence-electron chi connectivity index (χ4n) is 2.37. The third-order valence-electron chi connectivity index (χ3n) is 3.78. The van der Waals surface area contributed by atoms with Crippen LogP contribution in [0.4, 0.5) is 5.69 Å². The number of aromatic nitrogens is 3. The Hall–Kier alpha value is -2.86. The summed E-state index contributed by atoms with van der Waals surface area (Å²) < 4.78 is 1.73. The Kier molecular flexibility index (Phi) is 7.37. The zero-order chi connectivity index (χ0) is 19.8. The monoisotopic (exact) mass is 386 g/mol. The summed E-state index contributed by atoms with van der Waals surface area (Å²) in [6, 6.07) is 8.94. The normalized spacial score (nSPS) is 11.5. The largest absolute Gasteiger partial charge is 0.338 e. The van der Waals surface area contributed by atoms with Crippen LogP contribution in [0.15, 0.2) is 35.7 Å². The summed E-state index contributed by atoms with van der Waals surface area (Å²) in [6.07, 6.45) is 1.57. The fourth-order valence-corrected chi connectivity index (χ4v) is 3.06. The van der Waals surface area contributed by atoms with Crippen LogP contribution in [0.2, 0.25) is 0 Å². The highest BCUT2D eigenvalue weighted by molar-refractivity contribution is 7.99. The molecule has 0 bridgehead atoms. The maximum absolute atomic E-state index is 12.7. The zero-order valence-electron chi connectivity index (χ0n) is 15.5. The fraction of sp³-hybridized carbons (Fsp3) is 0.389. The number of carbonyl (C=O) groups is 2. The van der Waals surface area contributed by atoms with Crippen molar-refractivity contribution in [2.45, 2.75) is 19.0 Å². The minimum absolute atomic E-state index is 0.163. The van der Waals surface area contributed by atoms with Crippen molar-refractivity contribution >= 4 is 29.3 Å². The highest BCUT2D eigenvalue weighted by Gasteiger charge is 2.17. The molecule has 27 heavy (non-hydrogen) atoms. The number of nitrogens with zero attached hydrogens (tertiary/aromatic N) is 5. The number of amides is 2. The van der Waals surface area contributed by atoms with E-state index in [1.807, 2.05) is 14.0 Å². The van der Waals surface area contributed by atoms with Gasteiger partial charge in [-0.3, -0.25) is 9.59 Å². The molecule has 2 aromatic rings. The zero-order valence-corrected chi connectivity index (χ0v) is 16.4. The second-order valence-corrected chi connectivity index (χ2v) is 6.96. The van der Waals surface area contributed by atoms with Crippen LogP contribution in [0.3, 0.4) is 0 Å². The van der Waals surface area contributed by atoms with Gasteiger partial charge in [0.2, 0.25) is 5.91 Å². The van der Waals surface area contributed by atoms with Crippen molar-refractivity contribution in [2.24, 2.45) is 13.0 Å². The smallest absolute Gasteiger partial charge is 0.253 e. The minimum atomic E-state index is -0.241. The molecule has 0 radical (unpaired) electrons. The van der Waals surface area contributed by atoms with E-state index in [-0.39, 0.29) is 23.5 Å². The van der Waals surface area contributed by atoms with Gasteiger partial charge in [-0.2, -0.15) is 5.26 Å². The maximum atomic E-state index is 12.7. The van der Waals surface area contributed by atoms with Gasteiger partial charge < -0.3 is 14.8 Å². The first-order chi connectivity index (χ1) is 12.9. The van der Waals surface area contributed by atoms with E-state index in [9.17, 15) is 9.59 Å². The first-order valence-corrected chi connectivity index (χ1v) is 9.48. The number of aryl methyl sites for hydroxylation is 1. The Balaban J connectivity index is 1.99. The lowest BCUT2D eigenvalue weighted by Crippen LogP contribution is -2.34. The lowest BCUT2D eigenvalue weighted by atomic mass is 10.1. The molecule has 1 N–H and O–H groups in total.